The SMILES string of the molecule is O=C(Cc1ccccc1)CN1CCN2CCCC2C1. The maximum Gasteiger partial charge on any atom is 0.151 e. The highest BCUT2D eigenvalue weighted by Crippen LogP contribution is 2.21. The van der Waals surface area contributed by atoms with Crippen LogP contribution in [0.2, 0.25) is 0 Å². The molecule has 102 valence electrons. The molecule has 3 rings (SSSR count). The number of piperazine rings is 1. The molecule has 1 aromatic rings. The molecular weight excluding hydrogens is 236 g/mol. The van der Waals surface area contributed by atoms with Crippen molar-refractivity contribution in [2.45, 2.75) is 25.3 Å². The Hall–Kier alpha value is -1.19. The Balaban J connectivity index is 1.50. The first-order chi connectivity index (χ1) is 9.31. The van der Waals surface area contributed by atoms with Gasteiger partial charge in [-0.05, 0) is 24.9 Å². The van der Waals surface area contributed by atoms with Crippen LogP contribution in [0.5, 0.6) is 0 Å². The Morgan fingerprint density at radius 2 is 2.00 bits per heavy atom. The van der Waals surface area contributed by atoms with Gasteiger partial charge in [0.1, 0.15) is 0 Å². The number of carbonyl (C=O) groups is 1. The van der Waals surface area contributed by atoms with E-state index in [-0.39, 0.29) is 0 Å². The Labute approximate surface area is 115 Å². The zero-order valence-corrected chi connectivity index (χ0v) is 11.4. The summed E-state index contributed by atoms with van der Waals surface area (Å²) in [5.74, 6) is 0.345. The number of carbonyl (C=O) groups excluding carboxylic acids is 1. The zero-order valence-electron chi connectivity index (χ0n) is 11.4. The summed E-state index contributed by atoms with van der Waals surface area (Å²) in [6.45, 7) is 5.16. The van der Waals surface area contributed by atoms with Crippen LogP contribution in [0, 0.1) is 0 Å². The quantitative estimate of drug-likeness (QED) is 0.819. The number of hydrogen-bond donors (Lipinski definition) is 0. The third-order valence-corrected chi connectivity index (χ3v) is 4.32. The fraction of sp³-hybridized carbons (Fsp3) is 0.562. The van der Waals surface area contributed by atoms with E-state index in [0.717, 1.165) is 25.2 Å². The fourth-order valence-electron chi connectivity index (χ4n) is 3.33. The van der Waals surface area contributed by atoms with Gasteiger partial charge in [0.15, 0.2) is 5.78 Å². The van der Waals surface area contributed by atoms with Crippen LogP contribution < -0.4 is 0 Å². The first-order valence-electron chi connectivity index (χ1n) is 7.33. The second-order valence-electron chi connectivity index (χ2n) is 5.77. The average molecular weight is 258 g/mol. The summed E-state index contributed by atoms with van der Waals surface area (Å²) in [6, 6.07) is 10.8. The van der Waals surface area contributed by atoms with Crippen molar-refractivity contribution >= 4 is 5.78 Å². The highest BCUT2D eigenvalue weighted by molar-refractivity contribution is 5.82. The van der Waals surface area contributed by atoms with Crippen LogP contribution in [-0.4, -0.2) is 54.3 Å². The summed E-state index contributed by atoms with van der Waals surface area (Å²) in [6.07, 6.45) is 3.21. The second kappa shape index (κ2) is 5.85. The van der Waals surface area contributed by atoms with E-state index in [1.165, 1.54) is 19.4 Å². The highest BCUT2D eigenvalue weighted by atomic mass is 16.1. The summed E-state index contributed by atoms with van der Waals surface area (Å²) >= 11 is 0. The van der Waals surface area contributed by atoms with Crippen molar-refractivity contribution in [1.29, 1.82) is 0 Å². The minimum Gasteiger partial charge on any atom is -0.298 e. The third-order valence-electron chi connectivity index (χ3n) is 4.32. The molecule has 2 heterocycles. The van der Waals surface area contributed by atoms with Crippen LogP contribution in [0.25, 0.3) is 0 Å². The number of fused-ring (bicyclic) bond motifs is 1. The van der Waals surface area contributed by atoms with Crippen LogP contribution in [0.3, 0.4) is 0 Å². The van der Waals surface area contributed by atoms with E-state index < -0.39 is 0 Å². The van der Waals surface area contributed by atoms with Gasteiger partial charge in [-0.25, -0.2) is 0 Å². The molecule has 1 aromatic carbocycles. The van der Waals surface area contributed by atoms with Gasteiger partial charge in [0.2, 0.25) is 0 Å². The van der Waals surface area contributed by atoms with E-state index in [4.69, 9.17) is 0 Å². The van der Waals surface area contributed by atoms with Crippen molar-refractivity contribution in [3.63, 3.8) is 0 Å². The first kappa shape index (κ1) is 12.8. The van der Waals surface area contributed by atoms with Gasteiger partial charge in [0, 0.05) is 32.1 Å². The monoisotopic (exact) mass is 258 g/mol. The lowest BCUT2D eigenvalue weighted by molar-refractivity contribution is -0.120. The summed E-state index contributed by atoms with van der Waals surface area (Å²) in [5, 5.41) is 0. The summed E-state index contributed by atoms with van der Waals surface area (Å²) < 4.78 is 0. The molecule has 0 bridgehead atoms. The molecule has 0 radical (unpaired) electrons. The normalized spacial score (nSPS) is 24.3. The maximum absolute atomic E-state index is 12.1. The van der Waals surface area contributed by atoms with Crippen LogP contribution in [0.15, 0.2) is 30.3 Å². The van der Waals surface area contributed by atoms with Crippen LogP contribution in [-0.2, 0) is 11.2 Å². The Bertz CT molecular complexity index is 432. The molecule has 0 N–H and O–H groups in total. The minimum absolute atomic E-state index is 0.345. The summed E-state index contributed by atoms with van der Waals surface area (Å²) in [5.41, 5.74) is 1.13. The van der Waals surface area contributed by atoms with E-state index in [1.807, 2.05) is 30.3 Å². The molecule has 0 spiro atoms. The van der Waals surface area contributed by atoms with Crippen molar-refractivity contribution in [3.05, 3.63) is 35.9 Å². The molecule has 0 aromatic heterocycles. The lowest BCUT2D eigenvalue weighted by Gasteiger charge is -2.37. The van der Waals surface area contributed by atoms with Gasteiger partial charge < -0.3 is 0 Å². The molecule has 0 saturated carbocycles. The third kappa shape index (κ3) is 3.23. The van der Waals surface area contributed by atoms with E-state index >= 15 is 0 Å². The maximum atomic E-state index is 12.1. The molecule has 2 aliphatic heterocycles. The van der Waals surface area contributed by atoms with Crippen molar-refractivity contribution in [1.82, 2.24) is 9.80 Å². The number of nitrogens with zero attached hydrogens (tertiary/aromatic N) is 2. The molecule has 0 aliphatic carbocycles. The molecular formula is C16H22N2O. The molecule has 3 nitrogen and oxygen atoms in total. The average Bonchev–Trinajstić information content (AvgIpc) is 2.87. The van der Waals surface area contributed by atoms with E-state index in [2.05, 4.69) is 9.80 Å². The lowest BCUT2D eigenvalue weighted by atomic mass is 10.1. The number of Topliss-reactive ketones (excluding diaryl/α,β-unsaturated/α-hetero) is 1. The molecule has 19 heavy (non-hydrogen) atoms. The molecule has 1 atom stereocenters. The number of ketones is 1. The van der Waals surface area contributed by atoms with E-state index in [1.54, 1.807) is 0 Å². The topological polar surface area (TPSA) is 23.6 Å². The Morgan fingerprint density at radius 3 is 2.84 bits per heavy atom. The number of rotatable bonds is 4. The predicted molar refractivity (Wildman–Crippen MR) is 76.2 cm³/mol. The molecule has 2 fully saturated rings. The van der Waals surface area contributed by atoms with Crippen LogP contribution in [0.4, 0.5) is 0 Å². The van der Waals surface area contributed by atoms with Gasteiger partial charge in [-0.1, -0.05) is 30.3 Å². The molecule has 2 saturated heterocycles. The standard InChI is InChI=1S/C16H22N2O/c19-16(11-14-5-2-1-3-6-14)13-17-9-10-18-8-4-7-15(18)12-17/h1-3,5-6,15H,4,7-13H2. The van der Waals surface area contributed by atoms with E-state index in [9.17, 15) is 4.79 Å². The van der Waals surface area contributed by atoms with Crippen LogP contribution in [0.1, 0.15) is 18.4 Å². The van der Waals surface area contributed by atoms with E-state index in [0.29, 0.717) is 24.8 Å². The Morgan fingerprint density at radius 1 is 1.16 bits per heavy atom. The van der Waals surface area contributed by atoms with Crippen LogP contribution >= 0.6 is 0 Å². The summed E-state index contributed by atoms with van der Waals surface area (Å²) in [4.78, 5) is 17.0. The minimum atomic E-state index is 0.345. The van der Waals surface area contributed by atoms with Crippen molar-refractivity contribution in [2.24, 2.45) is 0 Å². The van der Waals surface area contributed by atoms with Gasteiger partial charge in [-0.3, -0.25) is 14.6 Å². The van der Waals surface area contributed by atoms with Crippen molar-refractivity contribution in [2.75, 3.05) is 32.7 Å². The number of benzene rings is 1. The highest BCUT2D eigenvalue weighted by Gasteiger charge is 2.30. The van der Waals surface area contributed by atoms with Gasteiger partial charge in [0.25, 0.3) is 0 Å². The smallest absolute Gasteiger partial charge is 0.151 e. The Kier molecular flexibility index (Phi) is 3.95. The van der Waals surface area contributed by atoms with Gasteiger partial charge in [-0.2, -0.15) is 0 Å². The summed E-state index contributed by atoms with van der Waals surface area (Å²) in [7, 11) is 0. The zero-order chi connectivity index (χ0) is 13.1. The first-order valence-corrected chi connectivity index (χ1v) is 7.33. The molecule has 0 amide bonds. The molecule has 1 unspecified atom stereocenters. The van der Waals surface area contributed by atoms with Crippen molar-refractivity contribution < 1.29 is 4.79 Å². The molecule has 2 aliphatic rings. The predicted octanol–water partition coefficient (Wildman–Crippen LogP) is 1.58. The van der Waals surface area contributed by atoms with Gasteiger partial charge in [-0.15, -0.1) is 0 Å². The lowest BCUT2D eigenvalue weighted by Crippen LogP contribution is -2.51. The van der Waals surface area contributed by atoms with Gasteiger partial charge in [0.05, 0.1) is 6.54 Å². The molecule has 3 heteroatoms. The van der Waals surface area contributed by atoms with Gasteiger partial charge >= 0.3 is 0 Å². The number of hydrogen-bond acceptors (Lipinski definition) is 3. The second-order valence-corrected chi connectivity index (χ2v) is 5.77. The largest absolute Gasteiger partial charge is 0.298 e. The fourth-order valence-corrected chi connectivity index (χ4v) is 3.33. The van der Waals surface area contributed by atoms with Crippen molar-refractivity contribution in [3.8, 4) is 0 Å².